The van der Waals surface area contributed by atoms with Gasteiger partial charge in [-0.3, -0.25) is 0 Å². The van der Waals surface area contributed by atoms with Crippen LogP contribution in [0.1, 0.15) is 70.0 Å². The number of hydrogen-bond acceptors (Lipinski definition) is 7. The lowest BCUT2D eigenvalue weighted by atomic mass is 9.89. The molecule has 12 heteroatoms. The second-order valence-electron chi connectivity index (χ2n) is 14.1. The van der Waals surface area contributed by atoms with Gasteiger partial charge in [-0.05, 0) is 90.2 Å². The molecule has 2 fully saturated rings. The van der Waals surface area contributed by atoms with Gasteiger partial charge in [-0.2, -0.15) is 5.10 Å². The first kappa shape index (κ1) is 33.0. The maximum absolute atomic E-state index is 14.4. The largest absolute Gasteiger partial charge is 0.444 e. The number of hydrogen-bond donors (Lipinski definition) is 1. The fourth-order valence-corrected chi connectivity index (χ4v) is 6.19. The molecule has 0 unspecified atom stereocenters. The Bertz CT molecular complexity index is 1300. The molecule has 2 heterocycles. The van der Waals surface area contributed by atoms with Gasteiger partial charge in [0.25, 0.3) is 6.43 Å². The molecule has 2 aliphatic rings. The summed E-state index contributed by atoms with van der Waals surface area (Å²) in [4.78, 5) is 30.3. The number of aryl methyl sites for hydroxylation is 1. The number of rotatable bonds is 13. The molecule has 2 saturated carbocycles. The Morgan fingerprint density at radius 2 is 1.72 bits per heavy atom. The van der Waals surface area contributed by atoms with E-state index < -0.39 is 43.9 Å². The van der Waals surface area contributed by atoms with Crippen LogP contribution >= 0.6 is 0 Å². The number of amides is 1. The van der Waals surface area contributed by atoms with Crippen molar-refractivity contribution in [2.75, 3.05) is 6.61 Å². The standard InChI is InChI=1S/C31H46F2N4O5Si/c1-18-24(19(2)37(36-18)17-40-15-16-43(6,7)8)22-13-14-23(34-26(22)28(32)33)41-29(38)27(35-30(39)42-31(3,4)5)25(20-9-10-20)21-11-12-21/h13-14,20-21,25,27-28H,9-12,15-17H2,1-8H3,(H,35,39)/t27-/m0/s1. The molecular weight excluding hydrogens is 574 g/mol. The number of nitrogens with one attached hydrogen (secondary N) is 1. The van der Waals surface area contributed by atoms with E-state index in [-0.39, 0.29) is 24.1 Å². The van der Waals surface area contributed by atoms with Gasteiger partial charge in [-0.1, -0.05) is 19.6 Å². The number of pyridine rings is 1. The maximum Gasteiger partial charge on any atom is 0.408 e. The zero-order chi connectivity index (χ0) is 31.7. The van der Waals surface area contributed by atoms with Crippen LogP contribution in [0.15, 0.2) is 12.1 Å². The van der Waals surface area contributed by atoms with E-state index in [4.69, 9.17) is 14.2 Å². The number of aromatic nitrogens is 3. The minimum atomic E-state index is -2.93. The van der Waals surface area contributed by atoms with Crippen LogP contribution < -0.4 is 10.1 Å². The van der Waals surface area contributed by atoms with E-state index in [2.05, 4.69) is 35.0 Å². The third kappa shape index (κ3) is 9.07. The number of nitrogens with zero attached hydrogens (tertiary/aromatic N) is 3. The molecule has 2 aromatic heterocycles. The van der Waals surface area contributed by atoms with Crippen molar-refractivity contribution in [3.8, 4) is 17.0 Å². The molecule has 0 aliphatic heterocycles. The van der Waals surface area contributed by atoms with Crippen molar-refractivity contribution >= 4 is 20.1 Å². The van der Waals surface area contributed by atoms with E-state index in [1.54, 1.807) is 32.4 Å². The number of alkyl halides is 2. The fourth-order valence-electron chi connectivity index (χ4n) is 5.44. The van der Waals surface area contributed by atoms with E-state index in [1.165, 1.54) is 12.1 Å². The zero-order valence-corrected chi connectivity index (χ0v) is 27.6. The van der Waals surface area contributed by atoms with Gasteiger partial charge < -0.3 is 19.5 Å². The molecule has 238 valence electrons. The summed E-state index contributed by atoms with van der Waals surface area (Å²) in [7, 11) is -1.25. The van der Waals surface area contributed by atoms with Crippen LogP contribution in [0.3, 0.4) is 0 Å². The Kier molecular flexibility index (Phi) is 10.00. The Morgan fingerprint density at radius 3 is 2.26 bits per heavy atom. The second kappa shape index (κ2) is 13.0. The topological polar surface area (TPSA) is 105 Å². The molecule has 1 atom stereocenters. The SMILES string of the molecule is Cc1nn(COCC[Si](C)(C)C)c(C)c1-c1ccc(OC(=O)[C@@H](NC(=O)OC(C)(C)C)C(C2CC2)C2CC2)nc1C(F)F. The lowest BCUT2D eigenvalue weighted by Gasteiger charge is -2.28. The number of carbonyl (C=O) groups excluding carboxylic acids is 2. The summed E-state index contributed by atoms with van der Waals surface area (Å²) in [5.41, 5.74) is 0.751. The normalized spacial score (nSPS) is 16.5. The third-order valence-corrected chi connectivity index (χ3v) is 9.52. The summed E-state index contributed by atoms with van der Waals surface area (Å²) < 4.78 is 47.3. The lowest BCUT2D eigenvalue weighted by Crippen LogP contribution is -2.50. The molecule has 0 saturated heterocycles. The summed E-state index contributed by atoms with van der Waals surface area (Å²) in [6.45, 7) is 16.4. The number of halogens is 2. The minimum absolute atomic E-state index is 0.0991. The Hall–Kier alpha value is -2.86. The Balaban J connectivity index is 1.55. The predicted octanol–water partition coefficient (Wildman–Crippen LogP) is 7.05. The third-order valence-electron chi connectivity index (χ3n) is 7.82. The molecule has 1 N–H and O–H groups in total. The molecule has 0 aromatic carbocycles. The molecule has 0 radical (unpaired) electrons. The second-order valence-corrected chi connectivity index (χ2v) is 19.7. The minimum Gasteiger partial charge on any atom is -0.444 e. The quantitative estimate of drug-likeness (QED) is 0.145. The van der Waals surface area contributed by atoms with E-state index in [9.17, 15) is 18.4 Å². The van der Waals surface area contributed by atoms with Crippen molar-refractivity contribution in [1.29, 1.82) is 0 Å². The number of esters is 1. The molecule has 9 nitrogen and oxygen atoms in total. The van der Waals surface area contributed by atoms with Crippen molar-refractivity contribution in [2.45, 2.75) is 111 Å². The average Bonchev–Trinajstić information content (AvgIpc) is 3.80. The van der Waals surface area contributed by atoms with Crippen LogP contribution in [0.2, 0.25) is 25.7 Å². The monoisotopic (exact) mass is 620 g/mol. The Morgan fingerprint density at radius 1 is 1.09 bits per heavy atom. The van der Waals surface area contributed by atoms with Gasteiger partial charge >= 0.3 is 12.1 Å². The fraction of sp³-hybridized carbons (Fsp3) is 0.677. The van der Waals surface area contributed by atoms with Crippen LogP contribution in [-0.2, 0) is 21.0 Å². The van der Waals surface area contributed by atoms with Gasteiger partial charge in [-0.15, -0.1) is 0 Å². The van der Waals surface area contributed by atoms with Gasteiger partial charge in [0.2, 0.25) is 5.88 Å². The summed E-state index contributed by atoms with van der Waals surface area (Å²) in [5.74, 6) is -0.477. The van der Waals surface area contributed by atoms with E-state index in [0.717, 1.165) is 31.7 Å². The highest BCUT2D eigenvalue weighted by molar-refractivity contribution is 6.76. The van der Waals surface area contributed by atoms with Crippen LogP contribution in [0.25, 0.3) is 11.1 Å². The highest BCUT2D eigenvalue weighted by atomic mass is 28.3. The first-order chi connectivity index (χ1) is 20.0. The van der Waals surface area contributed by atoms with Gasteiger partial charge in [0.15, 0.2) is 0 Å². The van der Waals surface area contributed by atoms with Crippen molar-refractivity contribution in [3.05, 3.63) is 29.2 Å². The van der Waals surface area contributed by atoms with Crippen LogP contribution in [0.4, 0.5) is 13.6 Å². The first-order valence-corrected chi connectivity index (χ1v) is 18.9. The number of carbonyl (C=O) groups is 2. The molecular formula is C31H46F2N4O5Si. The molecule has 2 aliphatic carbocycles. The smallest absolute Gasteiger partial charge is 0.408 e. The van der Waals surface area contributed by atoms with Crippen LogP contribution in [-0.4, -0.2) is 53.2 Å². The van der Waals surface area contributed by atoms with Gasteiger partial charge in [-0.25, -0.2) is 28.0 Å². The Labute approximate surface area is 254 Å². The van der Waals surface area contributed by atoms with Crippen LogP contribution in [0.5, 0.6) is 5.88 Å². The van der Waals surface area contributed by atoms with E-state index in [1.807, 2.05) is 6.92 Å². The van der Waals surface area contributed by atoms with Crippen molar-refractivity contribution in [2.24, 2.45) is 17.8 Å². The summed E-state index contributed by atoms with van der Waals surface area (Å²) >= 11 is 0. The van der Waals surface area contributed by atoms with Gasteiger partial charge in [0.05, 0.1) is 5.69 Å². The molecule has 0 spiro atoms. The van der Waals surface area contributed by atoms with Crippen molar-refractivity contribution in [1.82, 2.24) is 20.1 Å². The molecule has 4 rings (SSSR count). The highest BCUT2D eigenvalue weighted by Crippen LogP contribution is 2.51. The van der Waals surface area contributed by atoms with E-state index >= 15 is 0 Å². The molecule has 43 heavy (non-hydrogen) atoms. The molecule has 1 amide bonds. The summed E-state index contributed by atoms with van der Waals surface area (Å²) in [5, 5.41) is 7.25. The zero-order valence-electron chi connectivity index (χ0n) is 26.6. The van der Waals surface area contributed by atoms with E-state index in [0.29, 0.717) is 35.4 Å². The average molecular weight is 621 g/mol. The highest BCUT2D eigenvalue weighted by Gasteiger charge is 2.49. The first-order valence-electron chi connectivity index (χ1n) is 15.2. The molecule has 0 bridgehead atoms. The van der Waals surface area contributed by atoms with Gasteiger partial charge in [0, 0.05) is 37.6 Å². The predicted molar refractivity (Wildman–Crippen MR) is 162 cm³/mol. The number of alkyl carbamates (subject to hydrolysis) is 1. The summed E-state index contributed by atoms with van der Waals surface area (Å²) in [6.07, 6.45) is 0.242. The van der Waals surface area contributed by atoms with Crippen LogP contribution in [0, 0.1) is 31.6 Å². The summed E-state index contributed by atoms with van der Waals surface area (Å²) in [6, 6.07) is 2.94. The number of ether oxygens (including phenoxy) is 3. The molecule has 2 aromatic rings. The maximum atomic E-state index is 14.4. The lowest BCUT2D eigenvalue weighted by molar-refractivity contribution is -0.139. The van der Waals surface area contributed by atoms with Crippen molar-refractivity contribution in [3.63, 3.8) is 0 Å². The van der Waals surface area contributed by atoms with Crippen molar-refractivity contribution < 1.29 is 32.6 Å². The van der Waals surface area contributed by atoms with Gasteiger partial charge in [0.1, 0.15) is 24.1 Å².